The van der Waals surface area contributed by atoms with Crippen LogP contribution in [0.3, 0.4) is 0 Å². The Bertz CT molecular complexity index is 1210. The van der Waals surface area contributed by atoms with Crippen molar-refractivity contribution in [1.82, 2.24) is 4.90 Å². The molecule has 3 aromatic rings. The number of hydrogen-bond acceptors (Lipinski definition) is 3. The van der Waals surface area contributed by atoms with E-state index in [2.05, 4.69) is 0 Å². The van der Waals surface area contributed by atoms with E-state index in [-0.39, 0.29) is 24.2 Å². The Labute approximate surface area is 188 Å². The molecule has 0 fully saturated rings. The molecule has 7 heteroatoms. The molecule has 5 nitrogen and oxygen atoms in total. The number of halogens is 1. The first-order chi connectivity index (χ1) is 15.4. The first-order valence-corrected chi connectivity index (χ1v) is 11.6. The Hall–Kier alpha value is -3.32. The van der Waals surface area contributed by atoms with Crippen molar-refractivity contribution in [3.63, 3.8) is 0 Å². The average Bonchev–Trinajstić information content (AvgIpc) is 2.90. The zero-order valence-corrected chi connectivity index (χ0v) is 18.7. The molecule has 1 atom stereocenters. The van der Waals surface area contributed by atoms with Crippen molar-refractivity contribution in [2.75, 3.05) is 18.0 Å². The molecule has 2 amide bonds. The van der Waals surface area contributed by atoms with Gasteiger partial charge < -0.3 is 9.80 Å². The van der Waals surface area contributed by atoms with Crippen molar-refractivity contribution < 1.29 is 18.2 Å². The molecule has 1 aliphatic rings. The molecule has 0 spiro atoms. The molecular formula is C25H23FN2O3S. The van der Waals surface area contributed by atoms with Crippen LogP contribution >= 0.6 is 0 Å². The zero-order chi connectivity index (χ0) is 22.8. The largest absolute Gasteiger partial charge is 0.339 e. The van der Waals surface area contributed by atoms with Gasteiger partial charge >= 0.3 is 0 Å². The first kappa shape index (κ1) is 21.9. The van der Waals surface area contributed by atoms with Gasteiger partial charge in [-0.05, 0) is 61.9 Å². The lowest BCUT2D eigenvalue weighted by atomic mass is 10.1. The second-order valence-corrected chi connectivity index (χ2v) is 8.86. The number of rotatable bonds is 5. The van der Waals surface area contributed by atoms with Crippen LogP contribution in [0.4, 0.5) is 10.1 Å². The van der Waals surface area contributed by atoms with Gasteiger partial charge in [0.15, 0.2) is 0 Å². The second kappa shape index (κ2) is 9.04. The van der Waals surface area contributed by atoms with E-state index in [1.807, 2.05) is 13.8 Å². The minimum absolute atomic E-state index is 0.153. The lowest BCUT2D eigenvalue weighted by Gasteiger charge is -2.25. The van der Waals surface area contributed by atoms with Crippen LogP contribution in [-0.2, 0) is 17.3 Å². The van der Waals surface area contributed by atoms with Gasteiger partial charge in [0.25, 0.3) is 11.8 Å². The fourth-order valence-corrected chi connectivity index (χ4v) is 5.16. The van der Waals surface area contributed by atoms with Gasteiger partial charge in [0, 0.05) is 18.7 Å². The van der Waals surface area contributed by atoms with Crippen molar-refractivity contribution in [3.8, 4) is 0 Å². The van der Waals surface area contributed by atoms with Gasteiger partial charge in [0.1, 0.15) is 5.82 Å². The Morgan fingerprint density at radius 2 is 1.66 bits per heavy atom. The smallest absolute Gasteiger partial charge is 0.259 e. The highest BCUT2D eigenvalue weighted by molar-refractivity contribution is 7.85. The summed E-state index contributed by atoms with van der Waals surface area (Å²) in [6, 6.07) is 17.7. The number of carbonyl (C=O) groups is 2. The van der Waals surface area contributed by atoms with Gasteiger partial charge in [-0.2, -0.15) is 0 Å². The molecule has 3 aromatic carbocycles. The molecule has 0 saturated carbocycles. The van der Waals surface area contributed by atoms with Crippen LogP contribution in [0.15, 0.2) is 76.5 Å². The molecule has 0 unspecified atom stereocenters. The summed E-state index contributed by atoms with van der Waals surface area (Å²) >= 11 is 0. The van der Waals surface area contributed by atoms with Gasteiger partial charge in [-0.15, -0.1) is 0 Å². The predicted octanol–water partition coefficient (Wildman–Crippen LogP) is 4.63. The number of nitrogens with zero attached hydrogens (tertiary/aromatic N) is 2. The number of carbonyl (C=O) groups excluding carboxylic acids is 2. The van der Waals surface area contributed by atoms with Gasteiger partial charge in [-0.1, -0.05) is 24.3 Å². The Morgan fingerprint density at radius 1 is 0.969 bits per heavy atom. The molecule has 32 heavy (non-hydrogen) atoms. The number of hydrogen-bond donors (Lipinski definition) is 0. The Kier molecular flexibility index (Phi) is 6.19. The highest BCUT2D eigenvalue weighted by Gasteiger charge is 2.31. The minimum Gasteiger partial charge on any atom is -0.339 e. The highest BCUT2D eigenvalue weighted by atomic mass is 32.2. The van der Waals surface area contributed by atoms with E-state index in [1.165, 1.54) is 17.0 Å². The molecule has 4 rings (SSSR count). The topological polar surface area (TPSA) is 57.7 Å². The molecule has 0 radical (unpaired) electrons. The molecule has 1 aliphatic heterocycles. The summed E-state index contributed by atoms with van der Waals surface area (Å²) in [4.78, 5) is 30.6. The summed E-state index contributed by atoms with van der Waals surface area (Å²) in [6.45, 7) is 5.08. The molecule has 164 valence electrons. The van der Waals surface area contributed by atoms with E-state index in [0.29, 0.717) is 39.7 Å². The van der Waals surface area contributed by atoms with Gasteiger partial charge in [0.05, 0.1) is 38.4 Å². The summed E-state index contributed by atoms with van der Waals surface area (Å²) in [5.41, 5.74) is 1.91. The standard InChI is InChI=1S/C25H23FN2O3S/c1-3-27(4-2)24(29)18-11-14-23-21(15-18)28(16-17-9-12-19(26)13-10-17)25(30)20-7-5-6-8-22(20)32(23)31/h5-15H,3-4,16H2,1-2H3/t32-/m0/s1. The van der Waals surface area contributed by atoms with Crippen LogP contribution in [0.2, 0.25) is 0 Å². The lowest BCUT2D eigenvalue weighted by Crippen LogP contribution is -2.32. The van der Waals surface area contributed by atoms with Crippen molar-refractivity contribution >= 4 is 28.3 Å². The normalized spacial score (nSPS) is 15.0. The Balaban J connectivity index is 1.87. The summed E-state index contributed by atoms with van der Waals surface area (Å²) in [7, 11) is -1.59. The molecule has 0 N–H and O–H groups in total. The molecular weight excluding hydrogens is 427 g/mol. The zero-order valence-electron chi connectivity index (χ0n) is 17.9. The maximum absolute atomic E-state index is 13.6. The maximum atomic E-state index is 13.6. The number of anilines is 1. The van der Waals surface area contributed by atoms with Gasteiger partial charge in [0.2, 0.25) is 0 Å². The van der Waals surface area contributed by atoms with Gasteiger partial charge in [-0.3, -0.25) is 9.59 Å². The summed E-state index contributed by atoms with van der Waals surface area (Å²) in [5, 5.41) is 0. The molecule has 0 aliphatic carbocycles. The quantitative estimate of drug-likeness (QED) is 0.569. The Morgan fingerprint density at radius 3 is 2.34 bits per heavy atom. The van der Waals surface area contributed by atoms with Crippen LogP contribution in [0, 0.1) is 5.82 Å². The average molecular weight is 451 g/mol. The van der Waals surface area contributed by atoms with Crippen molar-refractivity contribution in [2.24, 2.45) is 0 Å². The predicted molar refractivity (Wildman–Crippen MR) is 122 cm³/mol. The molecule has 0 bridgehead atoms. The van der Waals surface area contributed by atoms with Crippen LogP contribution in [0.25, 0.3) is 0 Å². The summed E-state index contributed by atoms with van der Waals surface area (Å²) < 4.78 is 26.8. The van der Waals surface area contributed by atoms with Crippen molar-refractivity contribution in [3.05, 3.63) is 89.2 Å². The third kappa shape index (κ3) is 3.96. The molecule has 0 saturated heterocycles. The number of amides is 2. The molecule has 0 aromatic heterocycles. The third-order valence-corrected chi connectivity index (χ3v) is 7.06. The van der Waals surface area contributed by atoms with E-state index < -0.39 is 10.8 Å². The monoisotopic (exact) mass is 450 g/mol. The van der Waals surface area contributed by atoms with E-state index in [4.69, 9.17) is 0 Å². The minimum atomic E-state index is -1.59. The summed E-state index contributed by atoms with van der Waals surface area (Å²) in [6.07, 6.45) is 0. The lowest BCUT2D eigenvalue weighted by molar-refractivity contribution is 0.0772. The number of benzene rings is 3. The molecule has 1 heterocycles. The van der Waals surface area contributed by atoms with E-state index >= 15 is 0 Å². The van der Waals surface area contributed by atoms with E-state index in [9.17, 15) is 18.2 Å². The fraction of sp³-hybridized carbons (Fsp3) is 0.200. The number of fused-ring (bicyclic) bond motifs is 2. The van der Waals surface area contributed by atoms with Crippen LogP contribution < -0.4 is 4.90 Å². The SMILES string of the molecule is CCN(CC)C(=O)c1ccc2c(c1)N(Cc1ccc(F)cc1)C(=O)c1ccccc1[S@@]2=O. The van der Waals surface area contributed by atoms with Crippen LogP contribution in [-0.4, -0.2) is 34.0 Å². The highest BCUT2D eigenvalue weighted by Crippen LogP contribution is 2.36. The van der Waals surface area contributed by atoms with E-state index in [1.54, 1.807) is 59.5 Å². The van der Waals surface area contributed by atoms with Crippen molar-refractivity contribution in [1.29, 1.82) is 0 Å². The van der Waals surface area contributed by atoms with Gasteiger partial charge in [-0.25, -0.2) is 8.60 Å². The maximum Gasteiger partial charge on any atom is 0.259 e. The fourth-order valence-electron chi connectivity index (χ4n) is 3.82. The van der Waals surface area contributed by atoms with E-state index in [0.717, 1.165) is 5.56 Å². The van der Waals surface area contributed by atoms with Crippen molar-refractivity contribution in [2.45, 2.75) is 30.2 Å². The first-order valence-electron chi connectivity index (χ1n) is 10.4. The van der Waals surface area contributed by atoms with Crippen LogP contribution in [0.5, 0.6) is 0 Å². The third-order valence-electron chi connectivity index (χ3n) is 5.56. The second-order valence-electron chi connectivity index (χ2n) is 7.44. The summed E-state index contributed by atoms with van der Waals surface area (Å²) in [5.74, 6) is -0.834. The van der Waals surface area contributed by atoms with Crippen LogP contribution in [0.1, 0.15) is 40.1 Å².